The molecule has 4 fully saturated rings. The highest BCUT2D eigenvalue weighted by Crippen LogP contribution is 2.48. The fourth-order valence-corrected chi connectivity index (χ4v) is 6.77. The Morgan fingerprint density at radius 1 is 1.14 bits per heavy atom. The van der Waals surface area contributed by atoms with Crippen LogP contribution >= 0.6 is 0 Å². The van der Waals surface area contributed by atoms with E-state index in [0.29, 0.717) is 30.9 Å². The molecule has 3 N–H and O–H groups in total. The number of rotatable bonds is 9. The number of esters is 1. The van der Waals surface area contributed by atoms with E-state index in [1.165, 1.54) is 22.0 Å². The van der Waals surface area contributed by atoms with Crippen LogP contribution in [0.4, 0.5) is 4.79 Å². The first kappa shape index (κ1) is 29.6. The molecule has 10 nitrogen and oxygen atoms in total. The standard InChI is InChI=1S/C17H21NO4.C16H21N3O2/c1-18-13-7-11(8-14(18)16-15(13)22-16)21-17(20)12(9-19)10-5-3-2-4-6-10;1-19(2)6-5-12-9-17-15-4-3-11(8-14(12)15)7-13-10-21-16(20)18-13/h2-6,11-16,19H,7-9H2,1H3;3-4,8-9,13,17H,5-7,10H2,1-2H3,(H,18,20)/t11?,12-,13-,14+,15-,16+;13-/m10/s1. The van der Waals surface area contributed by atoms with Gasteiger partial charge in [0.2, 0.25) is 0 Å². The quantitative estimate of drug-likeness (QED) is 0.257. The molecule has 4 saturated heterocycles. The maximum Gasteiger partial charge on any atom is 0.407 e. The van der Waals surface area contributed by atoms with Gasteiger partial charge >= 0.3 is 12.1 Å². The largest absolute Gasteiger partial charge is 0.462 e. The number of cyclic esters (lactones) is 1. The second-order valence-electron chi connectivity index (χ2n) is 12.4. The average molecular weight is 591 g/mol. The van der Waals surface area contributed by atoms with Gasteiger partial charge in [-0.15, -0.1) is 0 Å². The molecule has 0 radical (unpaired) electrons. The number of alkyl carbamates (subject to hydrolysis) is 1. The predicted molar refractivity (Wildman–Crippen MR) is 162 cm³/mol. The Labute approximate surface area is 252 Å². The van der Waals surface area contributed by atoms with Crippen LogP contribution in [0.3, 0.4) is 0 Å². The normalized spacial score (nSPS) is 28.1. The van der Waals surface area contributed by atoms with Crippen LogP contribution < -0.4 is 5.32 Å². The zero-order valence-electron chi connectivity index (χ0n) is 25.1. The van der Waals surface area contributed by atoms with E-state index in [1.54, 1.807) is 0 Å². The van der Waals surface area contributed by atoms with Crippen LogP contribution in [0.5, 0.6) is 0 Å². The highest BCUT2D eigenvalue weighted by atomic mass is 16.6. The van der Waals surface area contributed by atoms with Crippen molar-refractivity contribution in [3.63, 3.8) is 0 Å². The van der Waals surface area contributed by atoms with Crippen molar-refractivity contribution in [3.05, 3.63) is 71.4 Å². The molecule has 7 rings (SSSR count). The van der Waals surface area contributed by atoms with Gasteiger partial charge in [0.1, 0.15) is 30.8 Å². The molecule has 1 unspecified atom stereocenters. The van der Waals surface area contributed by atoms with Crippen molar-refractivity contribution in [2.24, 2.45) is 0 Å². The number of nitrogens with zero attached hydrogens (tertiary/aromatic N) is 2. The fourth-order valence-electron chi connectivity index (χ4n) is 6.77. The summed E-state index contributed by atoms with van der Waals surface area (Å²) in [6.07, 6.45) is 5.88. The van der Waals surface area contributed by atoms with E-state index in [-0.39, 0.29) is 30.8 Å². The molecule has 1 aromatic heterocycles. The van der Waals surface area contributed by atoms with Crippen molar-refractivity contribution in [3.8, 4) is 0 Å². The van der Waals surface area contributed by atoms with E-state index in [4.69, 9.17) is 14.2 Å². The highest BCUT2D eigenvalue weighted by Gasteiger charge is 2.62. The number of ether oxygens (including phenoxy) is 3. The van der Waals surface area contributed by atoms with Gasteiger partial charge in [-0.1, -0.05) is 36.4 Å². The van der Waals surface area contributed by atoms with E-state index >= 15 is 0 Å². The van der Waals surface area contributed by atoms with E-state index in [1.807, 2.05) is 30.3 Å². The van der Waals surface area contributed by atoms with E-state index in [0.717, 1.165) is 37.8 Å². The van der Waals surface area contributed by atoms with Crippen LogP contribution in [0.25, 0.3) is 10.9 Å². The molecule has 7 atom stereocenters. The topological polar surface area (TPSA) is 120 Å². The van der Waals surface area contributed by atoms with Crippen molar-refractivity contribution >= 4 is 23.0 Å². The second-order valence-corrected chi connectivity index (χ2v) is 12.4. The molecule has 4 aliphatic heterocycles. The van der Waals surface area contributed by atoms with E-state index in [9.17, 15) is 14.7 Å². The van der Waals surface area contributed by atoms with Gasteiger partial charge in [-0.05, 0) is 62.8 Å². The van der Waals surface area contributed by atoms with E-state index < -0.39 is 5.92 Å². The SMILES string of the molecule is CN(C)CCc1c[nH]c2ccc(C[C@H]3COC(=O)N3)cc12.CN1[C@@H]2CC(OC(=O)[C@H](CO)c3ccccc3)C[C@H]1[C@@H]1O[C@@H]12. The first-order chi connectivity index (χ1) is 20.8. The molecule has 5 heterocycles. The number of epoxide rings is 1. The Kier molecular flexibility index (Phi) is 8.72. The van der Waals surface area contributed by atoms with Crippen LogP contribution in [-0.2, 0) is 31.8 Å². The average Bonchev–Trinajstić information content (AvgIpc) is 3.47. The predicted octanol–water partition coefficient (Wildman–Crippen LogP) is 2.84. The van der Waals surface area contributed by atoms with Crippen molar-refractivity contribution in [2.75, 3.05) is 40.9 Å². The fraction of sp³-hybridized carbons (Fsp3) is 0.515. The number of benzene rings is 2. The summed E-state index contributed by atoms with van der Waals surface area (Å²) in [5, 5.41) is 13.7. The summed E-state index contributed by atoms with van der Waals surface area (Å²) < 4.78 is 16.3. The van der Waals surface area contributed by atoms with Gasteiger partial charge in [0.15, 0.2) is 0 Å². The van der Waals surface area contributed by atoms with Gasteiger partial charge in [-0.25, -0.2) is 4.79 Å². The zero-order chi connectivity index (χ0) is 30.1. The van der Waals surface area contributed by atoms with E-state index in [2.05, 4.69) is 65.6 Å². The van der Waals surface area contributed by atoms with Crippen LogP contribution in [0.2, 0.25) is 0 Å². The summed E-state index contributed by atoms with van der Waals surface area (Å²) >= 11 is 0. The van der Waals surface area contributed by atoms with Crippen LogP contribution in [0, 0.1) is 0 Å². The van der Waals surface area contributed by atoms with Crippen LogP contribution in [0.15, 0.2) is 54.7 Å². The Morgan fingerprint density at radius 2 is 1.88 bits per heavy atom. The summed E-state index contributed by atoms with van der Waals surface area (Å²) in [6.45, 7) is 1.26. The molecule has 0 aliphatic carbocycles. The Bertz CT molecular complexity index is 1410. The van der Waals surface area contributed by atoms with Crippen molar-refractivity contribution in [2.45, 2.75) is 68.0 Å². The van der Waals surface area contributed by atoms with Crippen LogP contribution in [-0.4, -0.2) is 109 Å². The molecule has 0 saturated carbocycles. The van der Waals surface area contributed by atoms with Crippen molar-refractivity contribution < 1.29 is 28.9 Å². The smallest absolute Gasteiger partial charge is 0.407 e. The molecule has 2 aromatic carbocycles. The molecular weight excluding hydrogens is 548 g/mol. The van der Waals surface area contributed by atoms with Gasteiger partial charge in [-0.2, -0.15) is 0 Å². The number of nitrogens with one attached hydrogen (secondary N) is 2. The minimum Gasteiger partial charge on any atom is -0.462 e. The third-order valence-electron chi connectivity index (χ3n) is 9.21. The number of aliphatic hydroxyl groups is 1. The number of hydrogen-bond acceptors (Lipinski definition) is 8. The summed E-state index contributed by atoms with van der Waals surface area (Å²) in [5.41, 5.74) is 4.53. The maximum atomic E-state index is 12.4. The first-order valence-corrected chi connectivity index (χ1v) is 15.2. The molecule has 2 bridgehead atoms. The molecule has 10 heteroatoms. The Hall–Kier alpha value is -3.44. The van der Waals surface area contributed by atoms with Gasteiger partial charge < -0.3 is 34.5 Å². The lowest BCUT2D eigenvalue weighted by molar-refractivity contribution is -0.156. The lowest BCUT2D eigenvalue weighted by Crippen LogP contribution is -2.48. The lowest BCUT2D eigenvalue weighted by Gasteiger charge is -2.38. The monoisotopic (exact) mass is 590 g/mol. The first-order valence-electron chi connectivity index (χ1n) is 15.2. The number of aliphatic hydroxyl groups excluding tert-OH is 1. The summed E-state index contributed by atoms with van der Waals surface area (Å²) in [5.74, 6) is -0.915. The van der Waals surface area contributed by atoms with Gasteiger partial charge in [0.05, 0.1) is 12.6 Å². The molecule has 1 amide bonds. The molecule has 43 heavy (non-hydrogen) atoms. The van der Waals surface area contributed by atoms with Gasteiger partial charge in [0, 0.05) is 48.6 Å². The van der Waals surface area contributed by atoms with Crippen molar-refractivity contribution in [1.82, 2.24) is 20.1 Å². The molecule has 0 spiro atoms. The maximum absolute atomic E-state index is 12.4. The summed E-state index contributed by atoms with van der Waals surface area (Å²) in [6, 6.07) is 16.6. The minimum atomic E-state index is -0.593. The zero-order valence-corrected chi connectivity index (χ0v) is 25.1. The third-order valence-corrected chi connectivity index (χ3v) is 9.21. The third kappa shape index (κ3) is 6.57. The number of likely N-dealkylation sites (N-methyl/N-ethyl adjacent to an activating group) is 2. The van der Waals surface area contributed by atoms with Crippen molar-refractivity contribution in [1.29, 1.82) is 0 Å². The summed E-state index contributed by atoms with van der Waals surface area (Å²) in [4.78, 5) is 31.4. The Balaban J connectivity index is 0.000000153. The molecular formula is C33H42N4O6. The minimum absolute atomic E-state index is 0.0622. The number of carbonyl (C=O) groups is 2. The lowest BCUT2D eigenvalue weighted by atomic mass is 9.97. The number of fused-ring (bicyclic) bond motifs is 6. The number of H-pyrrole nitrogens is 1. The van der Waals surface area contributed by atoms with Crippen LogP contribution in [0.1, 0.15) is 35.4 Å². The van der Waals surface area contributed by atoms with Gasteiger partial charge in [0.25, 0.3) is 0 Å². The van der Waals surface area contributed by atoms with Gasteiger partial charge in [-0.3, -0.25) is 9.69 Å². The summed E-state index contributed by atoms with van der Waals surface area (Å²) in [7, 11) is 6.30. The Morgan fingerprint density at radius 3 is 2.53 bits per heavy atom. The number of morpholine rings is 1. The molecule has 3 aromatic rings. The number of aromatic amines is 1. The highest BCUT2D eigenvalue weighted by molar-refractivity contribution is 5.84. The number of hydrogen-bond donors (Lipinski definition) is 3. The molecule has 230 valence electrons. The molecule has 4 aliphatic rings. The number of aromatic nitrogens is 1. The number of piperidine rings is 1. The second kappa shape index (κ2) is 12.7. The number of carbonyl (C=O) groups excluding carboxylic acids is 2. The number of amides is 1.